The van der Waals surface area contributed by atoms with Crippen molar-refractivity contribution < 1.29 is 4.74 Å². The van der Waals surface area contributed by atoms with Crippen LogP contribution in [-0.2, 0) is 0 Å². The molecule has 1 heterocycles. The Bertz CT molecular complexity index is 354. The minimum Gasteiger partial charge on any atom is -0.474 e. The Kier molecular flexibility index (Phi) is 3.32. The maximum absolute atomic E-state index is 5.86. The molecular weight excluding hydrogens is 200 g/mol. The number of hydrogen-bond acceptors (Lipinski definition) is 3. The van der Waals surface area contributed by atoms with Crippen LogP contribution in [0.25, 0.3) is 0 Å². The zero-order chi connectivity index (χ0) is 11.5. The summed E-state index contributed by atoms with van der Waals surface area (Å²) in [4.78, 5) is 4.17. The van der Waals surface area contributed by atoms with E-state index in [9.17, 15) is 0 Å². The van der Waals surface area contributed by atoms with Crippen LogP contribution in [0.3, 0.4) is 0 Å². The molecule has 1 aromatic rings. The monoisotopic (exact) mass is 220 g/mol. The highest BCUT2D eigenvalue weighted by atomic mass is 16.5. The highest BCUT2D eigenvalue weighted by Crippen LogP contribution is 2.31. The lowest BCUT2D eigenvalue weighted by atomic mass is 9.80. The van der Waals surface area contributed by atoms with E-state index in [4.69, 9.17) is 10.5 Å². The minimum absolute atomic E-state index is 0.306. The number of aromatic nitrogens is 1. The number of nitrogens with zero attached hydrogens (tertiary/aromatic N) is 1. The molecule has 0 radical (unpaired) electrons. The quantitative estimate of drug-likeness (QED) is 0.833. The van der Waals surface area contributed by atoms with E-state index in [2.05, 4.69) is 18.8 Å². The summed E-state index contributed by atoms with van der Waals surface area (Å²) in [5.41, 5.74) is 5.62. The van der Waals surface area contributed by atoms with Crippen molar-refractivity contribution in [3.05, 3.63) is 18.2 Å². The molecule has 0 bridgehead atoms. The third-order valence-corrected chi connectivity index (χ3v) is 3.58. The molecule has 2 rings (SSSR count). The summed E-state index contributed by atoms with van der Waals surface area (Å²) in [5, 5.41) is 0. The molecule has 1 aliphatic rings. The largest absolute Gasteiger partial charge is 0.474 e. The lowest BCUT2D eigenvalue weighted by Crippen LogP contribution is -2.29. The van der Waals surface area contributed by atoms with Gasteiger partial charge in [-0.2, -0.15) is 4.98 Å². The number of pyridine rings is 1. The second kappa shape index (κ2) is 4.73. The van der Waals surface area contributed by atoms with Crippen molar-refractivity contribution in [3.8, 4) is 5.88 Å². The Morgan fingerprint density at radius 2 is 2.06 bits per heavy atom. The first-order valence-electron chi connectivity index (χ1n) is 6.04. The van der Waals surface area contributed by atoms with E-state index < -0.39 is 0 Å². The molecular formula is C13H20N2O. The predicted octanol–water partition coefficient (Wildman–Crippen LogP) is 2.87. The average molecular weight is 220 g/mol. The highest BCUT2D eigenvalue weighted by Gasteiger charge is 2.25. The number of nitrogen functional groups attached to an aromatic ring is 1. The van der Waals surface area contributed by atoms with Crippen LogP contribution in [0.15, 0.2) is 18.2 Å². The molecule has 88 valence electrons. The van der Waals surface area contributed by atoms with Crippen LogP contribution in [0.2, 0.25) is 0 Å². The molecule has 3 atom stereocenters. The zero-order valence-electron chi connectivity index (χ0n) is 10.0. The number of ether oxygens (including phenoxy) is 1. The molecule has 0 spiro atoms. The van der Waals surface area contributed by atoms with Gasteiger partial charge in [0.15, 0.2) is 0 Å². The van der Waals surface area contributed by atoms with Crippen LogP contribution >= 0.6 is 0 Å². The molecule has 1 aliphatic carbocycles. The molecule has 0 saturated heterocycles. The van der Waals surface area contributed by atoms with Crippen LogP contribution < -0.4 is 10.5 Å². The van der Waals surface area contributed by atoms with Crippen molar-refractivity contribution in [1.29, 1.82) is 0 Å². The van der Waals surface area contributed by atoms with Crippen molar-refractivity contribution in [2.45, 2.75) is 39.2 Å². The lowest BCUT2D eigenvalue weighted by Gasteiger charge is -2.31. The summed E-state index contributed by atoms with van der Waals surface area (Å²) in [5.74, 6) is 2.73. The van der Waals surface area contributed by atoms with E-state index >= 15 is 0 Å². The van der Waals surface area contributed by atoms with E-state index in [0.29, 0.717) is 17.8 Å². The van der Waals surface area contributed by atoms with Crippen LogP contribution in [0.4, 0.5) is 5.82 Å². The highest BCUT2D eigenvalue weighted by molar-refractivity contribution is 5.31. The van der Waals surface area contributed by atoms with Gasteiger partial charge in [0.2, 0.25) is 5.88 Å². The second-order valence-corrected chi connectivity index (χ2v) is 4.91. The summed E-state index contributed by atoms with van der Waals surface area (Å²) in [6, 6.07) is 5.53. The van der Waals surface area contributed by atoms with Crippen molar-refractivity contribution >= 4 is 5.82 Å². The smallest absolute Gasteiger partial charge is 0.215 e. The second-order valence-electron chi connectivity index (χ2n) is 4.91. The molecule has 0 aliphatic heterocycles. The number of rotatable bonds is 2. The average Bonchev–Trinajstić information content (AvgIpc) is 2.24. The van der Waals surface area contributed by atoms with Gasteiger partial charge >= 0.3 is 0 Å². The standard InChI is InChI=1S/C13H20N2O/c1-9-6-7-11(8-10(9)2)16-13-5-3-4-12(14)15-13/h3-5,9-11H,6-8H2,1-2H3,(H2,14,15). The molecule has 0 aromatic carbocycles. The molecule has 1 aromatic heterocycles. The van der Waals surface area contributed by atoms with Crippen molar-refractivity contribution in [3.63, 3.8) is 0 Å². The number of nitrogens with two attached hydrogens (primary N) is 1. The van der Waals surface area contributed by atoms with Gasteiger partial charge in [0.1, 0.15) is 11.9 Å². The van der Waals surface area contributed by atoms with Crippen LogP contribution in [0.5, 0.6) is 5.88 Å². The topological polar surface area (TPSA) is 48.1 Å². The van der Waals surface area contributed by atoms with E-state index in [1.807, 2.05) is 12.1 Å². The first-order chi connectivity index (χ1) is 7.65. The molecule has 1 saturated carbocycles. The van der Waals surface area contributed by atoms with Gasteiger partial charge in [-0.3, -0.25) is 0 Å². The zero-order valence-corrected chi connectivity index (χ0v) is 10.0. The third-order valence-electron chi connectivity index (χ3n) is 3.58. The van der Waals surface area contributed by atoms with Crippen molar-refractivity contribution in [1.82, 2.24) is 4.98 Å². The fourth-order valence-corrected chi connectivity index (χ4v) is 2.27. The summed E-state index contributed by atoms with van der Waals surface area (Å²) >= 11 is 0. The van der Waals surface area contributed by atoms with Crippen LogP contribution in [0.1, 0.15) is 33.1 Å². The van der Waals surface area contributed by atoms with Gasteiger partial charge in [-0.25, -0.2) is 0 Å². The molecule has 0 amide bonds. The Balaban J connectivity index is 1.95. The molecule has 3 heteroatoms. The molecule has 3 unspecified atom stereocenters. The van der Waals surface area contributed by atoms with Gasteiger partial charge in [-0.05, 0) is 37.2 Å². The molecule has 3 nitrogen and oxygen atoms in total. The normalized spacial score (nSPS) is 30.0. The molecule has 2 N–H and O–H groups in total. The Morgan fingerprint density at radius 1 is 1.25 bits per heavy atom. The Morgan fingerprint density at radius 3 is 2.75 bits per heavy atom. The van der Waals surface area contributed by atoms with E-state index in [1.165, 1.54) is 6.42 Å². The van der Waals surface area contributed by atoms with Gasteiger partial charge in [0.05, 0.1) is 0 Å². The third kappa shape index (κ3) is 2.65. The first kappa shape index (κ1) is 11.2. The Labute approximate surface area is 97.0 Å². The van der Waals surface area contributed by atoms with Gasteiger partial charge in [0.25, 0.3) is 0 Å². The first-order valence-corrected chi connectivity index (χ1v) is 6.04. The van der Waals surface area contributed by atoms with E-state index in [0.717, 1.165) is 24.7 Å². The maximum atomic E-state index is 5.86. The maximum Gasteiger partial charge on any atom is 0.215 e. The van der Waals surface area contributed by atoms with Crippen molar-refractivity contribution in [2.24, 2.45) is 11.8 Å². The van der Waals surface area contributed by atoms with Crippen LogP contribution in [0, 0.1) is 11.8 Å². The van der Waals surface area contributed by atoms with Crippen LogP contribution in [-0.4, -0.2) is 11.1 Å². The lowest BCUT2D eigenvalue weighted by molar-refractivity contribution is 0.0966. The Hall–Kier alpha value is -1.25. The molecule has 16 heavy (non-hydrogen) atoms. The van der Waals surface area contributed by atoms with Gasteiger partial charge < -0.3 is 10.5 Å². The summed E-state index contributed by atoms with van der Waals surface area (Å²) < 4.78 is 5.86. The predicted molar refractivity (Wildman–Crippen MR) is 65.2 cm³/mol. The fraction of sp³-hybridized carbons (Fsp3) is 0.615. The fourth-order valence-electron chi connectivity index (χ4n) is 2.27. The summed E-state index contributed by atoms with van der Waals surface area (Å²) in [6.07, 6.45) is 3.80. The minimum atomic E-state index is 0.306. The summed E-state index contributed by atoms with van der Waals surface area (Å²) in [7, 11) is 0. The van der Waals surface area contributed by atoms with E-state index in [-0.39, 0.29) is 0 Å². The van der Waals surface area contributed by atoms with Gasteiger partial charge in [-0.15, -0.1) is 0 Å². The number of hydrogen-bond donors (Lipinski definition) is 1. The number of anilines is 1. The van der Waals surface area contributed by atoms with E-state index in [1.54, 1.807) is 6.07 Å². The molecule has 1 fully saturated rings. The summed E-state index contributed by atoms with van der Waals surface area (Å²) in [6.45, 7) is 4.62. The van der Waals surface area contributed by atoms with Gasteiger partial charge in [0, 0.05) is 6.07 Å². The SMILES string of the molecule is CC1CCC(Oc2cccc(N)n2)CC1C. The van der Waals surface area contributed by atoms with Crippen molar-refractivity contribution in [2.75, 3.05) is 5.73 Å². The van der Waals surface area contributed by atoms with Gasteiger partial charge in [-0.1, -0.05) is 19.9 Å².